The molecule has 0 fully saturated rings. The van der Waals surface area contributed by atoms with Crippen LogP contribution in [-0.2, 0) is 6.54 Å². The Hall–Kier alpha value is -3.60. The summed E-state index contributed by atoms with van der Waals surface area (Å²) in [6.45, 7) is 3.11. The van der Waals surface area contributed by atoms with Crippen molar-refractivity contribution in [3.05, 3.63) is 83.4 Å². The monoisotopic (exact) mass is 386 g/mol. The van der Waals surface area contributed by atoms with Gasteiger partial charge in [0.25, 0.3) is 11.8 Å². The van der Waals surface area contributed by atoms with Crippen molar-refractivity contribution in [3.8, 4) is 16.9 Å². The minimum absolute atomic E-state index is 0.183. The van der Waals surface area contributed by atoms with Crippen molar-refractivity contribution in [2.45, 2.75) is 19.9 Å². The Bertz CT molecular complexity index is 1060. The van der Waals surface area contributed by atoms with Crippen LogP contribution in [0.4, 0.5) is 5.69 Å². The molecule has 3 aromatic carbocycles. The van der Waals surface area contributed by atoms with Crippen LogP contribution >= 0.6 is 0 Å². The second-order valence-electron chi connectivity index (χ2n) is 6.86. The molecule has 29 heavy (non-hydrogen) atoms. The molecule has 2 amide bonds. The maximum atomic E-state index is 12.6. The zero-order valence-electron chi connectivity index (χ0n) is 16.2. The van der Waals surface area contributed by atoms with Gasteiger partial charge in [0.2, 0.25) is 0 Å². The van der Waals surface area contributed by atoms with Crippen LogP contribution in [0.25, 0.3) is 11.1 Å². The van der Waals surface area contributed by atoms with Crippen LogP contribution in [0, 0.1) is 0 Å². The van der Waals surface area contributed by atoms with E-state index in [1.54, 1.807) is 18.2 Å². The van der Waals surface area contributed by atoms with Crippen LogP contribution in [-0.4, -0.2) is 18.4 Å². The molecule has 0 spiro atoms. The van der Waals surface area contributed by atoms with E-state index in [2.05, 4.69) is 17.6 Å². The van der Waals surface area contributed by atoms with Crippen LogP contribution < -0.4 is 15.4 Å². The molecule has 0 radical (unpaired) electrons. The van der Waals surface area contributed by atoms with Gasteiger partial charge in [-0.25, -0.2) is 0 Å². The molecule has 0 bridgehead atoms. The first-order valence-corrected chi connectivity index (χ1v) is 9.71. The summed E-state index contributed by atoms with van der Waals surface area (Å²) in [6, 6.07) is 20.5. The molecule has 2 N–H and O–H groups in total. The Kier molecular flexibility index (Phi) is 5.29. The lowest BCUT2D eigenvalue weighted by Gasteiger charge is -2.16. The second kappa shape index (κ2) is 8.19. The highest BCUT2D eigenvalue weighted by molar-refractivity contribution is 6.11. The predicted octanol–water partition coefficient (Wildman–Crippen LogP) is 4.64. The van der Waals surface area contributed by atoms with Gasteiger partial charge in [-0.1, -0.05) is 49.4 Å². The number of hydrogen-bond donors (Lipinski definition) is 2. The molecule has 0 atom stereocenters. The summed E-state index contributed by atoms with van der Waals surface area (Å²) < 4.78 is 5.90. The van der Waals surface area contributed by atoms with Gasteiger partial charge in [-0.05, 0) is 41.8 Å². The average Bonchev–Trinajstić information content (AvgIpc) is 3.15. The van der Waals surface area contributed by atoms with E-state index in [0.29, 0.717) is 30.0 Å². The first-order chi connectivity index (χ1) is 14.2. The molecule has 146 valence electrons. The maximum absolute atomic E-state index is 12.6. The molecule has 1 aliphatic rings. The number of carbonyl (C=O) groups is 2. The van der Waals surface area contributed by atoms with E-state index in [1.165, 1.54) is 0 Å². The molecular formula is C24H22N2O3. The summed E-state index contributed by atoms with van der Waals surface area (Å²) in [7, 11) is 0. The fraction of sp³-hybridized carbons (Fsp3) is 0.167. The van der Waals surface area contributed by atoms with Crippen molar-refractivity contribution in [1.29, 1.82) is 0 Å². The van der Waals surface area contributed by atoms with E-state index >= 15 is 0 Å². The Labute approximate surface area is 169 Å². The van der Waals surface area contributed by atoms with Crippen LogP contribution in [0.2, 0.25) is 0 Å². The molecule has 0 unspecified atom stereocenters. The van der Waals surface area contributed by atoms with Crippen molar-refractivity contribution in [3.63, 3.8) is 0 Å². The third-order valence-corrected chi connectivity index (χ3v) is 4.89. The number of amides is 2. The first-order valence-electron chi connectivity index (χ1n) is 9.71. The fourth-order valence-corrected chi connectivity index (χ4v) is 3.52. The van der Waals surface area contributed by atoms with Gasteiger partial charge >= 0.3 is 0 Å². The summed E-state index contributed by atoms with van der Waals surface area (Å²) >= 11 is 0. The van der Waals surface area contributed by atoms with E-state index in [4.69, 9.17) is 4.74 Å². The van der Waals surface area contributed by atoms with Gasteiger partial charge in [0.15, 0.2) is 0 Å². The third-order valence-electron chi connectivity index (χ3n) is 4.89. The number of anilines is 1. The largest absolute Gasteiger partial charge is 0.493 e. The van der Waals surface area contributed by atoms with Crippen molar-refractivity contribution < 1.29 is 14.3 Å². The van der Waals surface area contributed by atoms with Crippen molar-refractivity contribution in [2.24, 2.45) is 0 Å². The van der Waals surface area contributed by atoms with Gasteiger partial charge in [0.1, 0.15) is 5.75 Å². The van der Waals surface area contributed by atoms with Crippen LogP contribution in [0.5, 0.6) is 5.75 Å². The molecule has 5 nitrogen and oxygen atoms in total. The second-order valence-corrected chi connectivity index (χ2v) is 6.86. The topological polar surface area (TPSA) is 67.4 Å². The molecule has 0 saturated carbocycles. The Morgan fingerprint density at radius 2 is 1.76 bits per heavy atom. The zero-order valence-corrected chi connectivity index (χ0v) is 16.2. The maximum Gasteiger partial charge on any atom is 0.255 e. The SMILES string of the molecule is CCCOc1ccccc1-c1ccc(NC(=O)c2ccccc2)c2c1CNC2=O. The lowest BCUT2D eigenvalue weighted by atomic mass is 9.95. The normalized spacial score (nSPS) is 12.2. The minimum atomic E-state index is -0.244. The molecular weight excluding hydrogens is 364 g/mol. The molecule has 0 saturated heterocycles. The lowest BCUT2D eigenvalue weighted by molar-refractivity contribution is 0.0966. The van der Waals surface area contributed by atoms with Gasteiger partial charge in [-0.15, -0.1) is 0 Å². The molecule has 0 aliphatic carbocycles. The third kappa shape index (κ3) is 3.72. The molecule has 1 aliphatic heterocycles. The quantitative estimate of drug-likeness (QED) is 0.649. The van der Waals surface area contributed by atoms with Crippen molar-refractivity contribution >= 4 is 17.5 Å². The van der Waals surface area contributed by atoms with Gasteiger partial charge in [-0.3, -0.25) is 9.59 Å². The lowest BCUT2D eigenvalue weighted by Crippen LogP contribution is -2.17. The molecule has 0 aromatic heterocycles. The average molecular weight is 386 g/mol. The highest BCUT2D eigenvalue weighted by Gasteiger charge is 2.27. The van der Waals surface area contributed by atoms with Gasteiger partial charge in [0, 0.05) is 17.7 Å². The highest BCUT2D eigenvalue weighted by atomic mass is 16.5. The smallest absolute Gasteiger partial charge is 0.255 e. The van der Waals surface area contributed by atoms with E-state index in [1.807, 2.05) is 48.5 Å². The first kappa shape index (κ1) is 18.7. The van der Waals surface area contributed by atoms with E-state index in [0.717, 1.165) is 28.9 Å². The summed E-state index contributed by atoms with van der Waals surface area (Å²) in [5.41, 5.74) is 4.31. The van der Waals surface area contributed by atoms with Gasteiger partial charge in [-0.2, -0.15) is 0 Å². The molecule has 4 rings (SSSR count). The zero-order chi connectivity index (χ0) is 20.2. The standard InChI is InChI=1S/C24H22N2O3/c1-2-14-29-21-11-7-6-10-18(21)17-12-13-20(22-19(17)15-25-24(22)28)26-23(27)16-8-4-3-5-9-16/h3-13H,2,14-15H2,1H3,(H,25,28)(H,26,27). The number of para-hydroxylation sites is 1. The fourth-order valence-electron chi connectivity index (χ4n) is 3.52. The molecule has 1 heterocycles. The number of fused-ring (bicyclic) bond motifs is 1. The molecule has 3 aromatic rings. The number of rotatable bonds is 6. The number of carbonyl (C=O) groups excluding carboxylic acids is 2. The van der Waals surface area contributed by atoms with Gasteiger partial charge in [0.05, 0.1) is 17.9 Å². The Morgan fingerprint density at radius 1 is 1.00 bits per heavy atom. The van der Waals surface area contributed by atoms with Crippen LogP contribution in [0.15, 0.2) is 66.7 Å². The number of ether oxygens (including phenoxy) is 1. The number of nitrogens with one attached hydrogen (secondary N) is 2. The van der Waals surface area contributed by atoms with Crippen molar-refractivity contribution in [1.82, 2.24) is 5.32 Å². The highest BCUT2D eigenvalue weighted by Crippen LogP contribution is 2.38. The predicted molar refractivity (Wildman–Crippen MR) is 113 cm³/mol. The Balaban J connectivity index is 1.73. The summed E-state index contributed by atoms with van der Waals surface area (Å²) in [5, 5.41) is 5.77. The molecule has 5 heteroatoms. The van der Waals surface area contributed by atoms with E-state index < -0.39 is 0 Å². The van der Waals surface area contributed by atoms with E-state index in [-0.39, 0.29) is 11.8 Å². The minimum Gasteiger partial charge on any atom is -0.493 e. The van der Waals surface area contributed by atoms with Gasteiger partial charge < -0.3 is 15.4 Å². The van der Waals surface area contributed by atoms with E-state index in [9.17, 15) is 9.59 Å². The number of hydrogen-bond acceptors (Lipinski definition) is 3. The summed E-state index contributed by atoms with van der Waals surface area (Å²) in [4.78, 5) is 25.1. The van der Waals surface area contributed by atoms with Crippen LogP contribution in [0.3, 0.4) is 0 Å². The van der Waals surface area contributed by atoms with Crippen LogP contribution in [0.1, 0.15) is 39.6 Å². The van der Waals surface area contributed by atoms with Crippen molar-refractivity contribution in [2.75, 3.05) is 11.9 Å². The Morgan fingerprint density at radius 3 is 2.55 bits per heavy atom. The number of benzene rings is 3. The summed E-state index contributed by atoms with van der Waals surface area (Å²) in [5.74, 6) is 0.362. The summed E-state index contributed by atoms with van der Waals surface area (Å²) in [6.07, 6.45) is 0.914.